The fourth-order valence-electron chi connectivity index (χ4n) is 3.56. The first-order valence-electron chi connectivity index (χ1n) is 7.42. The van der Waals surface area contributed by atoms with Crippen molar-refractivity contribution in [3.8, 4) is 0 Å². The molecule has 0 saturated heterocycles. The Labute approximate surface area is 109 Å². The first-order valence-corrected chi connectivity index (χ1v) is 7.42. The number of aldehydes is 1. The molecule has 0 aliphatic heterocycles. The van der Waals surface area contributed by atoms with Crippen molar-refractivity contribution in [2.45, 2.75) is 69.7 Å². The third-order valence-corrected chi connectivity index (χ3v) is 4.61. The predicted molar refractivity (Wildman–Crippen MR) is 70.9 cm³/mol. The Morgan fingerprint density at radius 1 is 1.06 bits per heavy atom. The van der Waals surface area contributed by atoms with Gasteiger partial charge in [-0.25, -0.2) is 0 Å². The molecule has 3 rings (SSSR count). The average Bonchev–Trinajstić information content (AvgIpc) is 3.08. The van der Waals surface area contributed by atoms with E-state index in [2.05, 4.69) is 4.68 Å². The maximum absolute atomic E-state index is 11.2. The van der Waals surface area contributed by atoms with E-state index in [1.165, 1.54) is 57.8 Å². The minimum atomic E-state index is 0.529. The highest BCUT2D eigenvalue weighted by molar-refractivity contribution is 5.76. The summed E-state index contributed by atoms with van der Waals surface area (Å²) in [4.78, 5) is 11.2. The van der Waals surface area contributed by atoms with Crippen LogP contribution in [0.5, 0.6) is 0 Å². The number of carbonyl (C=O) groups excluding carboxylic acids is 1. The van der Waals surface area contributed by atoms with E-state index in [0.29, 0.717) is 12.0 Å². The van der Waals surface area contributed by atoms with Crippen LogP contribution in [0.25, 0.3) is 0 Å². The van der Waals surface area contributed by atoms with Crippen LogP contribution in [0.3, 0.4) is 0 Å². The Morgan fingerprint density at radius 2 is 1.72 bits per heavy atom. The number of hydrogen-bond acceptors (Lipinski definition) is 2. The number of aromatic nitrogens is 2. The zero-order valence-corrected chi connectivity index (χ0v) is 11.0. The highest BCUT2D eigenvalue weighted by Crippen LogP contribution is 2.35. The van der Waals surface area contributed by atoms with Crippen molar-refractivity contribution >= 4 is 6.29 Å². The van der Waals surface area contributed by atoms with Crippen molar-refractivity contribution in [2.75, 3.05) is 0 Å². The van der Waals surface area contributed by atoms with Crippen LogP contribution in [0.4, 0.5) is 0 Å². The van der Waals surface area contributed by atoms with Gasteiger partial charge in [0.1, 0.15) is 0 Å². The fourth-order valence-corrected chi connectivity index (χ4v) is 3.56. The Bertz CT molecular complexity index is 412. The van der Waals surface area contributed by atoms with Gasteiger partial charge in [-0.3, -0.25) is 9.48 Å². The van der Waals surface area contributed by atoms with Crippen LogP contribution in [0.15, 0.2) is 6.20 Å². The molecule has 1 aromatic rings. The summed E-state index contributed by atoms with van der Waals surface area (Å²) >= 11 is 0. The lowest BCUT2D eigenvalue weighted by Gasteiger charge is -2.20. The second kappa shape index (κ2) is 5.25. The van der Waals surface area contributed by atoms with Gasteiger partial charge in [-0.2, -0.15) is 5.10 Å². The minimum absolute atomic E-state index is 0.529. The minimum Gasteiger partial charge on any atom is -0.298 e. The van der Waals surface area contributed by atoms with Gasteiger partial charge in [-0.1, -0.05) is 32.1 Å². The largest absolute Gasteiger partial charge is 0.298 e. The van der Waals surface area contributed by atoms with Crippen LogP contribution in [-0.4, -0.2) is 16.1 Å². The fraction of sp³-hybridized carbons (Fsp3) is 0.733. The number of rotatable bonds is 3. The number of carbonyl (C=O) groups is 1. The Balaban J connectivity index is 1.85. The smallest absolute Gasteiger partial charge is 0.153 e. The van der Waals surface area contributed by atoms with Crippen LogP contribution in [0.2, 0.25) is 0 Å². The Hall–Kier alpha value is -1.12. The van der Waals surface area contributed by atoms with Crippen molar-refractivity contribution in [2.24, 2.45) is 0 Å². The van der Waals surface area contributed by atoms with Crippen molar-refractivity contribution in [1.82, 2.24) is 9.78 Å². The SMILES string of the molecule is O=Cc1cn(C2CCCC2)nc1C1CCCCC1. The van der Waals surface area contributed by atoms with Crippen LogP contribution in [0.1, 0.15) is 85.8 Å². The third-order valence-electron chi connectivity index (χ3n) is 4.61. The van der Waals surface area contributed by atoms with E-state index in [1.54, 1.807) is 0 Å². The number of nitrogens with zero attached hydrogens (tertiary/aromatic N) is 2. The third kappa shape index (κ3) is 2.23. The Morgan fingerprint density at radius 3 is 2.39 bits per heavy atom. The molecule has 0 bridgehead atoms. The van der Waals surface area contributed by atoms with Gasteiger partial charge < -0.3 is 0 Å². The van der Waals surface area contributed by atoms with E-state index in [9.17, 15) is 4.79 Å². The molecule has 0 radical (unpaired) electrons. The normalized spacial score (nSPS) is 22.4. The average molecular weight is 246 g/mol. The maximum Gasteiger partial charge on any atom is 0.153 e. The van der Waals surface area contributed by atoms with Gasteiger partial charge in [-0.05, 0) is 25.7 Å². The van der Waals surface area contributed by atoms with Crippen molar-refractivity contribution < 1.29 is 4.79 Å². The van der Waals surface area contributed by atoms with E-state index in [0.717, 1.165) is 17.5 Å². The molecule has 98 valence electrons. The van der Waals surface area contributed by atoms with Crippen molar-refractivity contribution in [3.05, 3.63) is 17.5 Å². The molecule has 0 atom stereocenters. The molecule has 2 fully saturated rings. The molecular formula is C15H22N2O. The molecule has 0 aromatic carbocycles. The van der Waals surface area contributed by atoms with Gasteiger partial charge in [0.15, 0.2) is 6.29 Å². The molecule has 0 spiro atoms. The lowest BCUT2D eigenvalue weighted by atomic mass is 9.86. The molecule has 3 heteroatoms. The predicted octanol–water partition coefficient (Wildman–Crippen LogP) is 3.86. The highest BCUT2D eigenvalue weighted by Gasteiger charge is 2.24. The Kier molecular flexibility index (Phi) is 3.48. The summed E-state index contributed by atoms with van der Waals surface area (Å²) in [5.74, 6) is 0.529. The molecule has 1 heterocycles. The second-order valence-corrected chi connectivity index (χ2v) is 5.84. The monoisotopic (exact) mass is 246 g/mol. The maximum atomic E-state index is 11.2. The van der Waals surface area contributed by atoms with Gasteiger partial charge in [0, 0.05) is 12.1 Å². The van der Waals surface area contributed by atoms with Crippen LogP contribution < -0.4 is 0 Å². The first-order chi connectivity index (χ1) is 8.88. The van der Waals surface area contributed by atoms with E-state index >= 15 is 0 Å². The summed E-state index contributed by atoms with van der Waals surface area (Å²) in [7, 11) is 0. The van der Waals surface area contributed by atoms with E-state index in [1.807, 2.05) is 6.20 Å². The van der Waals surface area contributed by atoms with Gasteiger partial charge >= 0.3 is 0 Å². The van der Waals surface area contributed by atoms with Gasteiger partial charge in [0.05, 0.1) is 17.3 Å². The molecule has 2 aliphatic carbocycles. The lowest BCUT2D eigenvalue weighted by molar-refractivity contribution is 0.112. The molecule has 2 saturated carbocycles. The van der Waals surface area contributed by atoms with Gasteiger partial charge in [-0.15, -0.1) is 0 Å². The quantitative estimate of drug-likeness (QED) is 0.759. The van der Waals surface area contributed by atoms with Gasteiger partial charge in [0.25, 0.3) is 0 Å². The van der Waals surface area contributed by atoms with Crippen LogP contribution >= 0.6 is 0 Å². The molecule has 18 heavy (non-hydrogen) atoms. The summed E-state index contributed by atoms with van der Waals surface area (Å²) < 4.78 is 2.08. The molecule has 0 amide bonds. The summed E-state index contributed by atoms with van der Waals surface area (Å²) in [6, 6.07) is 0.543. The van der Waals surface area contributed by atoms with Crippen molar-refractivity contribution in [1.29, 1.82) is 0 Å². The summed E-state index contributed by atoms with van der Waals surface area (Å²) in [6.07, 6.45) is 14.4. The summed E-state index contributed by atoms with van der Waals surface area (Å²) in [5.41, 5.74) is 1.92. The van der Waals surface area contributed by atoms with Gasteiger partial charge in [0.2, 0.25) is 0 Å². The molecule has 0 N–H and O–H groups in total. The van der Waals surface area contributed by atoms with E-state index in [4.69, 9.17) is 5.10 Å². The molecule has 3 nitrogen and oxygen atoms in total. The standard InChI is InChI=1S/C15H22N2O/c18-11-13-10-17(14-8-4-5-9-14)16-15(13)12-6-2-1-3-7-12/h10-12,14H,1-9H2. The molecular weight excluding hydrogens is 224 g/mol. The lowest BCUT2D eigenvalue weighted by Crippen LogP contribution is -2.09. The van der Waals surface area contributed by atoms with Crippen LogP contribution in [0, 0.1) is 0 Å². The van der Waals surface area contributed by atoms with E-state index in [-0.39, 0.29) is 0 Å². The molecule has 1 aromatic heterocycles. The summed E-state index contributed by atoms with van der Waals surface area (Å²) in [6.45, 7) is 0. The first kappa shape index (κ1) is 11.9. The molecule has 2 aliphatic rings. The topological polar surface area (TPSA) is 34.9 Å². The summed E-state index contributed by atoms with van der Waals surface area (Å²) in [5, 5.41) is 4.77. The zero-order valence-electron chi connectivity index (χ0n) is 11.0. The van der Waals surface area contributed by atoms with E-state index < -0.39 is 0 Å². The zero-order chi connectivity index (χ0) is 12.4. The van der Waals surface area contributed by atoms with Crippen LogP contribution in [-0.2, 0) is 0 Å². The molecule has 0 unspecified atom stereocenters. The number of hydrogen-bond donors (Lipinski definition) is 0. The second-order valence-electron chi connectivity index (χ2n) is 5.84. The highest BCUT2D eigenvalue weighted by atomic mass is 16.1. The van der Waals surface area contributed by atoms with Crippen molar-refractivity contribution in [3.63, 3.8) is 0 Å².